The van der Waals surface area contributed by atoms with Crippen LogP contribution in [0.2, 0.25) is 0 Å². The number of amides is 1. The summed E-state index contributed by atoms with van der Waals surface area (Å²) in [5, 5.41) is 9.41. The van der Waals surface area contributed by atoms with Crippen molar-refractivity contribution in [2.24, 2.45) is 7.05 Å². The number of hydrogen-bond donors (Lipinski definition) is 1. The van der Waals surface area contributed by atoms with E-state index in [0.717, 1.165) is 23.4 Å². The smallest absolute Gasteiger partial charge is 0.269 e. The molecule has 24 heavy (non-hydrogen) atoms. The first-order chi connectivity index (χ1) is 11.6. The van der Waals surface area contributed by atoms with Crippen molar-refractivity contribution < 1.29 is 9.53 Å². The number of benzene rings is 1. The Balaban J connectivity index is 1.86. The fourth-order valence-corrected chi connectivity index (χ4v) is 2.33. The van der Waals surface area contributed by atoms with Crippen LogP contribution in [0.15, 0.2) is 30.3 Å². The number of ether oxygens (including phenoxy) is 1. The lowest BCUT2D eigenvalue weighted by molar-refractivity contribution is 0.0941. The topological polar surface area (TPSA) is 56.1 Å². The summed E-state index contributed by atoms with van der Waals surface area (Å²) >= 11 is 5.29. The molecule has 0 aliphatic rings. The Labute approximate surface area is 147 Å². The summed E-state index contributed by atoms with van der Waals surface area (Å²) in [7, 11) is 1.75. The van der Waals surface area contributed by atoms with E-state index in [4.69, 9.17) is 16.3 Å². The van der Waals surface area contributed by atoms with Crippen molar-refractivity contribution >= 4 is 17.5 Å². The molecule has 0 unspecified atom stereocenters. The van der Waals surface area contributed by atoms with E-state index >= 15 is 0 Å². The quantitative estimate of drug-likeness (QED) is 0.620. The standard InChI is InChI=1S/C18H20ClN3O2/c1-14-11-17(22(2)21-14)18(23)20-13-15-7-6-8-16(12-15)24-10-5-3-4-9-19/h6-8,11-12H,3,5,10,13H2,1-2H3,(H,20,23). The molecule has 1 amide bonds. The fraction of sp³-hybridized carbons (Fsp3) is 0.333. The van der Waals surface area contributed by atoms with Gasteiger partial charge in [-0.1, -0.05) is 18.1 Å². The lowest BCUT2D eigenvalue weighted by atomic mass is 10.2. The van der Waals surface area contributed by atoms with Crippen molar-refractivity contribution in [2.45, 2.75) is 26.3 Å². The number of aryl methyl sites for hydroxylation is 2. The predicted octanol–water partition coefficient (Wildman–Crippen LogP) is 3.02. The molecule has 0 atom stereocenters. The summed E-state index contributed by atoms with van der Waals surface area (Å²) < 4.78 is 7.25. The zero-order chi connectivity index (χ0) is 17.4. The van der Waals surface area contributed by atoms with E-state index in [9.17, 15) is 4.79 Å². The van der Waals surface area contributed by atoms with Gasteiger partial charge in [-0.2, -0.15) is 5.10 Å². The van der Waals surface area contributed by atoms with Crippen LogP contribution in [-0.4, -0.2) is 22.3 Å². The Kier molecular flexibility index (Phi) is 6.71. The molecule has 0 aliphatic carbocycles. The molecule has 0 aliphatic heterocycles. The van der Waals surface area contributed by atoms with Crippen LogP contribution in [0.1, 0.15) is 34.6 Å². The average molecular weight is 346 g/mol. The molecule has 1 aromatic heterocycles. The van der Waals surface area contributed by atoms with Crippen molar-refractivity contribution in [3.8, 4) is 17.0 Å². The first-order valence-electron chi connectivity index (χ1n) is 7.69. The molecule has 2 rings (SSSR count). The second kappa shape index (κ2) is 8.99. The zero-order valence-electron chi connectivity index (χ0n) is 13.8. The minimum atomic E-state index is -0.149. The molecule has 0 radical (unpaired) electrons. The van der Waals surface area contributed by atoms with Gasteiger partial charge < -0.3 is 10.1 Å². The van der Waals surface area contributed by atoms with Gasteiger partial charge in [0.05, 0.1) is 12.3 Å². The maximum absolute atomic E-state index is 12.2. The van der Waals surface area contributed by atoms with Crippen LogP contribution in [0.3, 0.4) is 0 Å². The van der Waals surface area contributed by atoms with Crippen LogP contribution in [-0.2, 0) is 13.6 Å². The Morgan fingerprint density at radius 2 is 2.25 bits per heavy atom. The summed E-state index contributed by atoms with van der Waals surface area (Å²) in [5.41, 5.74) is 2.33. The van der Waals surface area contributed by atoms with E-state index in [0.29, 0.717) is 25.3 Å². The monoisotopic (exact) mass is 345 g/mol. The highest BCUT2D eigenvalue weighted by molar-refractivity contribution is 6.30. The molecule has 0 saturated heterocycles. The molecule has 5 nitrogen and oxygen atoms in total. The van der Waals surface area contributed by atoms with E-state index in [1.807, 2.05) is 31.2 Å². The first-order valence-corrected chi connectivity index (χ1v) is 8.07. The van der Waals surface area contributed by atoms with E-state index in [-0.39, 0.29) is 5.91 Å². The Bertz CT molecular complexity index is 759. The molecule has 1 heterocycles. The van der Waals surface area contributed by atoms with Crippen LogP contribution in [0.5, 0.6) is 5.75 Å². The highest BCUT2D eigenvalue weighted by Gasteiger charge is 2.11. The van der Waals surface area contributed by atoms with Crippen LogP contribution < -0.4 is 10.1 Å². The molecule has 2 aromatic rings. The highest BCUT2D eigenvalue weighted by Crippen LogP contribution is 2.14. The molecule has 1 N–H and O–H groups in total. The van der Waals surface area contributed by atoms with Crippen LogP contribution in [0.25, 0.3) is 0 Å². The van der Waals surface area contributed by atoms with Gasteiger partial charge in [0.25, 0.3) is 5.91 Å². The molecular formula is C18H20ClN3O2. The molecule has 0 saturated carbocycles. The number of carbonyl (C=O) groups excluding carboxylic acids is 1. The second-order valence-electron chi connectivity index (χ2n) is 5.35. The van der Waals surface area contributed by atoms with Gasteiger partial charge in [0.2, 0.25) is 0 Å². The average Bonchev–Trinajstić information content (AvgIpc) is 2.91. The van der Waals surface area contributed by atoms with Gasteiger partial charge in [-0.05, 0) is 48.7 Å². The molecule has 0 spiro atoms. The summed E-state index contributed by atoms with van der Waals surface area (Å²) in [6, 6.07) is 9.42. The van der Waals surface area contributed by atoms with Crippen LogP contribution >= 0.6 is 11.6 Å². The first kappa shape index (κ1) is 17.9. The zero-order valence-corrected chi connectivity index (χ0v) is 14.6. The van der Waals surface area contributed by atoms with E-state index in [2.05, 4.69) is 21.7 Å². The van der Waals surface area contributed by atoms with Crippen molar-refractivity contribution in [2.75, 3.05) is 6.61 Å². The van der Waals surface area contributed by atoms with Crippen molar-refractivity contribution in [1.82, 2.24) is 15.1 Å². The third kappa shape index (κ3) is 5.32. The van der Waals surface area contributed by atoms with Gasteiger partial charge in [0.1, 0.15) is 11.4 Å². The summed E-state index contributed by atoms with van der Waals surface area (Å²) in [4.78, 5) is 12.2. The van der Waals surface area contributed by atoms with Gasteiger partial charge in [-0.15, -0.1) is 0 Å². The fourth-order valence-electron chi connectivity index (χ4n) is 2.24. The van der Waals surface area contributed by atoms with Gasteiger partial charge in [0.15, 0.2) is 0 Å². The number of unbranched alkanes of at least 4 members (excludes halogenated alkanes) is 1. The van der Waals surface area contributed by atoms with Gasteiger partial charge >= 0.3 is 0 Å². The SMILES string of the molecule is Cc1cc(C(=O)NCc2cccc(OCCCC#CCl)c2)n(C)n1. The number of nitrogens with zero attached hydrogens (tertiary/aromatic N) is 2. The second-order valence-corrected chi connectivity index (χ2v) is 5.54. The van der Waals surface area contributed by atoms with E-state index < -0.39 is 0 Å². The summed E-state index contributed by atoms with van der Waals surface area (Å²) in [6.07, 6.45) is 1.53. The van der Waals surface area contributed by atoms with Crippen molar-refractivity contribution in [1.29, 1.82) is 0 Å². The maximum atomic E-state index is 12.2. The molecular weight excluding hydrogens is 326 g/mol. The minimum Gasteiger partial charge on any atom is -0.494 e. The Morgan fingerprint density at radius 1 is 1.42 bits per heavy atom. The van der Waals surface area contributed by atoms with E-state index in [1.165, 1.54) is 0 Å². The molecule has 126 valence electrons. The maximum Gasteiger partial charge on any atom is 0.269 e. The lowest BCUT2D eigenvalue weighted by Crippen LogP contribution is -2.25. The van der Waals surface area contributed by atoms with Crippen molar-refractivity contribution in [3.05, 3.63) is 47.3 Å². The number of halogens is 1. The number of carbonyl (C=O) groups is 1. The highest BCUT2D eigenvalue weighted by atomic mass is 35.5. The van der Waals surface area contributed by atoms with Crippen molar-refractivity contribution in [3.63, 3.8) is 0 Å². The van der Waals surface area contributed by atoms with Gasteiger partial charge in [-0.25, -0.2) is 0 Å². The van der Waals surface area contributed by atoms with Gasteiger partial charge in [0, 0.05) is 25.4 Å². The number of aromatic nitrogens is 2. The van der Waals surface area contributed by atoms with Gasteiger partial charge in [-0.3, -0.25) is 9.48 Å². The van der Waals surface area contributed by atoms with E-state index in [1.54, 1.807) is 17.8 Å². The molecule has 0 bridgehead atoms. The largest absolute Gasteiger partial charge is 0.494 e. The number of hydrogen-bond acceptors (Lipinski definition) is 3. The normalized spacial score (nSPS) is 9.96. The Hall–Kier alpha value is -2.45. The molecule has 0 fully saturated rings. The lowest BCUT2D eigenvalue weighted by Gasteiger charge is -2.09. The molecule has 1 aromatic carbocycles. The van der Waals surface area contributed by atoms with Crippen LogP contribution in [0, 0.1) is 18.2 Å². The summed E-state index contributed by atoms with van der Waals surface area (Å²) in [5.74, 6) is 3.41. The Morgan fingerprint density at radius 3 is 2.96 bits per heavy atom. The van der Waals surface area contributed by atoms with Crippen LogP contribution in [0.4, 0.5) is 0 Å². The number of rotatable bonds is 7. The molecule has 6 heteroatoms. The summed E-state index contributed by atoms with van der Waals surface area (Å²) in [6.45, 7) is 2.87. The predicted molar refractivity (Wildman–Crippen MR) is 93.9 cm³/mol. The third-order valence-corrected chi connectivity index (χ3v) is 3.50. The number of nitrogens with one attached hydrogen (secondary N) is 1. The minimum absolute atomic E-state index is 0.149. The third-order valence-electron chi connectivity index (χ3n) is 3.37.